The standard InChI is InChI=1S/C8H14O/c1-3-5-8(2)6-4-7-9/h3-4,6,8-9H,1,5,7H2,2H3/b6-4-/t8-/m1/s1. The lowest BCUT2D eigenvalue weighted by molar-refractivity contribution is 0.342. The summed E-state index contributed by atoms with van der Waals surface area (Å²) in [6.45, 7) is 5.84. The van der Waals surface area contributed by atoms with Gasteiger partial charge in [0.05, 0.1) is 6.61 Å². The van der Waals surface area contributed by atoms with E-state index in [1.165, 1.54) is 0 Å². The van der Waals surface area contributed by atoms with Crippen molar-refractivity contribution in [1.29, 1.82) is 0 Å². The molecule has 0 saturated carbocycles. The van der Waals surface area contributed by atoms with Crippen LogP contribution in [0.2, 0.25) is 0 Å². The molecule has 0 aliphatic rings. The number of aliphatic hydroxyl groups excluding tert-OH is 1. The summed E-state index contributed by atoms with van der Waals surface area (Å²) in [6.07, 6.45) is 6.61. The Morgan fingerprint density at radius 3 is 2.78 bits per heavy atom. The molecule has 0 amide bonds. The zero-order valence-corrected chi connectivity index (χ0v) is 5.88. The van der Waals surface area contributed by atoms with Crippen LogP contribution in [0.15, 0.2) is 24.8 Å². The van der Waals surface area contributed by atoms with Crippen LogP contribution in [-0.4, -0.2) is 11.7 Å². The van der Waals surface area contributed by atoms with Gasteiger partial charge in [-0.05, 0) is 12.3 Å². The predicted octanol–water partition coefficient (Wildman–Crippen LogP) is 1.75. The second-order valence-corrected chi connectivity index (χ2v) is 2.11. The van der Waals surface area contributed by atoms with Crippen LogP contribution < -0.4 is 0 Å². The van der Waals surface area contributed by atoms with E-state index >= 15 is 0 Å². The molecule has 0 aliphatic heterocycles. The molecule has 0 aromatic heterocycles. The quantitative estimate of drug-likeness (QED) is 0.569. The zero-order chi connectivity index (χ0) is 7.11. The largest absolute Gasteiger partial charge is 0.392 e. The van der Waals surface area contributed by atoms with Gasteiger partial charge >= 0.3 is 0 Å². The van der Waals surface area contributed by atoms with Crippen molar-refractivity contribution in [2.24, 2.45) is 5.92 Å². The Hall–Kier alpha value is -0.560. The summed E-state index contributed by atoms with van der Waals surface area (Å²) in [5.41, 5.74) is 0. The fourth-order valence-corrected chi connectivity index (χ4v) is 0.635. The van der Waals surface area contributed by atoms with Gasteiger partial charge in [0.2, 0.25) is 0 Å². The molecule has 1 N–H and O–H groups in total. The molecule has 0 aromatic rings. The maximum atomic E-state index is 8.37. The SMILES string of the molecule is C=CC[C@@H](C)/C=C\CO. The summed E-state index contributed by atoms with van der Waals surface area (Å²) in [5, 5.41) is 8.37. The lowest BCUT2D eigenvalue weighted by atomic mass is 10.1. The molecule has 0 fully saturated rings. The number of hydrogen-bond donors (Lipinski definition) is 1. The molecule has 52 valence electrons. The van der Waals surface area contributed by atoms with Gasteiger partial charge in [-0.3, -0.25) is 0 Å². The minimum Gasteiger partial charge on any atom is -0.392 e. The van der Waals surface area contributed by atoms with Crippen LogP contribution >= 0.6 is 0 Å². The highest BCUT2D eigenvalue weighted by Crippen LogP contribution is 2.02. The normalized spacial score (nSPS) is 14.0. The van der Waals surface area contributed by atoms with Gasteiger partial charge in [0.25, 0.3) is 0 Å². The lowest BCUT2D eigenvalue weighted by Gasteiger charge is -1.97. The van der Waals surface area contributed by atoms with Gasteiger partial charge in [-0.25, -0.2) is 0 Å². The van der Waals surface area contributed by atoms with Crippen LogP contribution in [0.5, 0.6) is 0 Å². The summed E-state index contributed by atoms with van der Waals surface area (Å²) in [6, 6.07) is 0. The molecule has 1 nitrogen and oxygen atoms in total. The van der Waals surface area contributed by atoms with Crippen LogP contribution in [-0.2, 0) is 0 Å². The minimum atomic E-state index is 0.140. The Balaban J connectivity index is 3.35. The maximum absolute atomic E-state index is 8.37. The highest BCUT2D eigenvalue weighted by atomic mass is 16.2. The first-order chi connectivity index (χ1) is 4.31. The maximum Gasteiger partial charge on any atom is 0.0612 e. The average molecular weight is 126 g/mol. The monoisotopic (exact) mass is 126 g/mol. The van der Waals surface area contributed by atoms with Crippen LogP contribution in [0.25, 0.3) is 0 Å². The van der Waals surface area contributed by atoms with E-state index in [-0.39, 0.29) is 6.61 Å². The Bertz CT molecular complexity index is 94.7. The van der Waals surface area contributed by atoms with E-state index in [0.717, 1.165) is 6.42 Å². The number of rotatable bonds is 4. The van der Waals surface area contributed by atoms with E-state index in [4.69, 9.17) is 5.11 Å². The van der Waals surface area contributed by atoms with Gasteiger partial charge in [0.1, 0.15) is 0 Å². The molecular weight excluding hydrogens is 112 g/mol. The first-order valence-electron chi connectivity index (χ1n) is 3.19. The fraction of sp³-hybridized carbons (Fsp3) is 0.500. The second kappa shape index (κ2) is 5.57. The Kier molecular flexibility index (Phi) is 5.23. The Morgan fingerprint density at radius 1 is 1.67 bits per heavy atom. The number of hydrogen-bond acceptors (Lipinski definition) is 1. The zero-order valence-electron chi connectivity index (χ0n) is 5.88. The third kappa shape index (κ3) is 5.31. The van der Waals surface area contributed by atoms with Crippen molar-refractivity contribution in [1.82, 2.24) is 0 Å². The van der Waals surface area contributed by atoms with E-state index < -0.39 is 0 Å². The van der Waals surface area contributed by atoms with Crippen molar-refractivity contribution in [3.05, 3.63) is 24.8 Å². The van der Waals surface area contributed by atoms with Crippen LogP contribution in [0.3, 0.4) is 0 Å². The van der Waals surface area contributed by atoms with Gasteiger partial charge in [0, 0.05) is 0 Å². The molecule has 0 radical (unpaired) electrons. The van der Waals surface area contributed by atoms with Crippen molar-refractivity contribution in [2.75, 3.05) is 6.61 Å². The molecular formula is C8H14O. The van der Waals surface area contributed by atoms with Crippen molar-refractivity contribution < 1.29 is 5.11 Å². The molecule has 0 heterocycles. The lowest BCUT2D eigenvalue weighted by Crippen LogP contribution is -1.85. The number of allylic oxidation sites excluding steroid dienone is 2. The van der Waals surface area contributed by atoms with Crippen LogP contribution in [0.4, 0.5) is 0 Å². The van der Waals surface area contributed by atoms with Crippen LogP contribution in [0.1, 0.15) is 13.3 Å². The molecule has 0 spiro atoms. The van der Waals surface area contributed by atoms with Crippen molar-refractivity contribution in [3.63, 3.8) is 0 Å². The van der Waals surface area contributed by atoms with E-state index in [1.54, 1.807) is 6.08 Å². The molecule has 0 aromatic carbocycles. The number of aliphatic hydroxyl groups is 1. The molecule has 0 unspecified atom stereocenters. The van der Waals surface area contributed by atoms with E-state index in [1.807, 2.05) is 12.2 Å². The average Bonchev–Trinajstić information content (AvgIpc) is 1.85. The van der Waals surface area contributed by atoms with Gasteiger partial charge in [-0.15, -0.1) is 6.58 Å². The molecule has 1 atom stereocenters. The molecule has 0 saturated heterocycles. The first-order valence-corrected chi connectivity index (χ1v) is 3.19. The Morgan fingerprint density at radius 2 is 2.33 bits per heavy atom. The fourth-order valence-electron chi connectivity index (χ4n) is 0.635. The molecule has 1 heteroatoms. The van der Waals surface area contributed by atoms with Crippen molar-refractivity contribution in [3.8, 4) is 0 Å². The molecule has 0 rings (SSSR count). The minimum absolute atomic E-state index is 0.140. The first kappa shape index (κ1) is 8.44. The Labute approximate surface area is 56.7 Å². The van der Waals surface area contributed by atoms with Gasteiger partial charge in [-0.1, -0.05) is 25.2 Å². The van der Waals surface area contributed by atoms with Gasteiger partial charge < -0.3 is 5.11 Å². The molecule has 0 bridgehead atoms. The molecule has 0 aliphatic carbocycles. The van der Waals surface area contributed by atoms with Crippen molar-refractivity contribution >= 4 is 0 Å². The van der Waals surface area contributed by atoms with Crippen molar-refractivity contribution in [2.45, 2.75) is 13.3 Å². The van der Waals surface area contributed by atoms with E-state index in [2.05, 4.69) is 13.5 Å². The summed E-state index contributed by atoms with van der Waals surface area (Å²) in [7, 11) is 0. The third-order valence-electron chi connectivity index (χ3n) is 1.11. The van der Waals surface area contributed by atoms with E-state index in [0.29, 0.717) is 5.92 Å². The smallest absolute Gasteiger partial charge is 0.0612 e. The summed E-state index contributed by atoms with van der Waals surface area (Å²) in [4.78, 5) is 0. The summed E-state index contributed by atoms with van der Waals surface area (Å²) in [5.74, 6) is 0.509. The second-order valence-electron chi connectivity index (χ2n) is 2.11. The summed E-state index contributed by atoms with van der Waals surface area (Å²) >= 11 is 0. The predicted molar refractivity (Wildman–Crippen MR) is 40.2 cm³/mol. The third-order valence-corrected chi connectivity index (χ3v) is 1.11. The van der Waals surface area contributed by atoms with Crippen LogP contribution in [0, 0.1) is 5.92 Å². The highest BCUT2D eigenvalue weighted by Gasteiger charge is 1.89. The van der Waals surface area contributed by atoms with Gasteiger partial charge in [0.15, 0.2) is 0 Å². The summed E-state index contributed by atoms with van der Waals surface area (Å²) < 4.78 is 0. The molecule has 9 heavy (non-hydrogen) atoms. The van der Waals surface area contributed by atoms with E-state index in [9.17, 15) is 0 Å². The topological polar surface area (TPSA) is 20.2 Å². The van der Waals surface area contributed by atoms with Gasteiger partial charge in [-0.2, -0.15) is 0 Å². The highest BCUT2D eigenvalue weighted by molar-refractivity contribution is 4.88.